The van der Waals surface area contributed by atoms with E-state index < -0.39 is 21.7 Å². The highest BCUT2D eigenvalue weighted by atomic mass is 35.5. The van der Waals surface area contributed by atoms with Gasteiger partial charge in [0.1, 0.15) is 5.82 Å². The first-order valence-electron chi connectivity index (χ1n) is 8.74. The van der Waals surface area contributed by atoms with E-state index in [1.807, 2.05) is 7.05 Å². The first kappa shape index (κ1) is 20.7. The molecule has 0 atom stereocenters. The van der Waals surface area contributed by atoms with E-state index in [-0.39, 0.29) is 15.5 Å². The van der Waals surface area contributed by atoms with E-state index in [4.69, 9.17) is 11.6 Å². The van der Waals surface area contributed by atoms with Crippen molar-refractivity contribution in [1.29, 1.82) is 0 Å². The highest BCUT2D eigenvalue weighted by molar-refractivity contribution is 7.89. The summed E-state index contributed by atoms with van der Waals surface area (Å²) in [7, 11) is -1.74. The van der Waals surface area contributed by atoms with Gasteiger partial charge >= 0.3 is 0 Å². The number of nitrogens with zero attached hydrogens (tertiary/aromatic N) is 2. The first-order chi connectivity index (χ1) is 13.2. The Morgan fingerprint density at radius 2 is 1.79 bits per heavy atom. The molecule has 1 saturated heterocycles. The number of carbonyl (C=O) groups excluding carboxylic acids is 1. The van der Waals surface area contributed by atoms with Gasteiger partial charge in [-0.25, -0.2) is 12.8 Å². The lowest BCUT2D eigenvalue weighted by atomic mass is 10.1. The zero-order valence-corrected chi connectivity index (χ0v) is 17.1. The second kappa shape index (κ2) is 8.16. The average Bonchev–Trinajstić information content (AvgIpc) is 2.65. The zero-order valence-electron chi connectivity index (χ0n) is 15.6. The van der Waals surface area contributed by atoms with E-state index in [1.54, 1.807) is 13.0 Å². The largest absolute Gasteiger partial charge is 0.322 e. The number of benzene rings is 2. The number of anilines is 1. The lowest BCUT2D eigenvalue weighted by molar-refractivity contribution is 0.102. The monoisotopic (exact) mass is 425 g/mol. The fourth-order valence-corrected chi connectivity index (χ4v) is 4.59. The Bertz CT molecular complexity index is 1010. The summed E-state index contributed by atoms with van der Waals surface area (Å²) in [6, 6.07) is 8.33. The van der Waals surface area contributed by atoms with Gasteiger partial charge in [-0.05, 0) is 49.9 Å². The molecular weight excluding hydrogens is 405 g/mol. The van der Waals surface area contributed by atoms with E-state index in [9.17, 15) is 17.6 Å². The van der Waals surface area contributed by atoms with Gasteiger partial charge in [0, 0.05) is 37.4 Å². The fraction of sp³-hybridized carbons (Fsp3) is 0.316. The molecular formula is C19H21ClFN3O3S. The van der Waals surface area contributed by atoms with Crippen LogP contribution < -0.4 is 5.32 Å². The number of aryl methyl sites for hydroxylation is 1. The van der Waals surface area contributed by atoms with Crippen LogP contribution in [0.5, 0.6) is 0 Å². The summed E-state index contributed by atoms with van der Waals surface area (Å²) in [5.41, 5.74) is 1.18. The Labute approximate surface area is 168 Å². The van der Waals surface area contributed by atoms with E-state index in [1.165, 1.54) is 28.6 Å². The number of sulfonamides is 1. The average molecular weight is 426 g/mol. The molecule has 1 aliphatic heterocycles. The molecule has 0 unspecified atom stereocenters. The van der Waals surface area contributed by atoms with Crippen molar-refractivity contribution in [2.45, 2.75) is 11.8 Å². The molecule has 28 heavy (non-hydrogen) atoms. The van der Waals surface area contributed by atoms with Crippen molar-refractivity contribution >= 4 is 33.2 Å². The smallest absolute Gasteiger partial charge is 0.255 e. The molecule has 3 rings (SSSR count). The number of amides is 1. The van der Waals surface area contributed by atoms with Crippen molar-refractivity contribution in [3.8, 4) is 0 Å². The molecule has 1 aliphatic rings. The Kier molecular flexibility index (Phi) is 6.04. The van der Waals surface area contributed by atoms with Crippen LogP contribution >= 0.6 is 11.6 Å². The van der Waals surface area contributed by atoms with Gasteiger partial charge in [0.25, 0.3) is 5.91 Å². The highest BCUT2D eigenvalue weighted by Crippen LogP contribution is 2.23. The lowest BCUT2D eigenvalue weighted by Crippen LogP contribution is -2.47. The number of carbonyl (C=O) groups is 1. The first-order valence-corrected chi connectivity index (χ1v) is 10.6. The summed E-state index contributed by atoms with van der Waals surface area (Å²) in [6.07, 6.45) is 0. The predicted octanol–water partition coefficient (Wildman–Crippen LogP) is 2.98. The summed E-state index contributed by atoms with van der Waals surface area (Å²) < 4.78 is 40.6. The Morgan fingerprint density at radius 3 is 2.43 bits per heavy atom. The van der Waals surface area contributed by atoms with Crippen LogP contribution in [-0.2, 0) is 10.0 Å². The minimum atomic E-state index is -3.69. The van der Waals surface area contributed by atoms with Gasteiger partial charge in [0.15, 0.2) is 0 Å². The third-order valence-corrected chi connectivity index (χ3v) is 6.92. The number of likely N-dealkylation sites (N-methyl/N-ethyl adjacent to an activating group) is 1. The number of hydrogen-bond acceptors (Lipinski definition) is 4. The van der Waals surface area contributed by atoms with E-state index in [2.05, 4.69) is 10.2 Å². The summed E-state index contributed by atoms with van der Waals surface area (Å²) >= 11 is 5.74. The molecule has 1 fully saturated rings. The number of hydrogen-bond donors (Lipinski definition) is 1. The third-order valence-electron chi connectivity index (χ3n) is 4.73. The molecule has 1 heterocycles. The molecule has 9 heteroatoms. The summed E-state index contributed by atoms with van der Waals surface area (Å²) in [5.74, 6) is -1.08. The van der Waals surface area contributed by atoms with Gasteiger partial charge in [-0.3, -0.25) is 4.79 Å². The quantitative estimate of drug-likeness (QED) is 0.817. The molecule has 0 aliphatic carbocycles. The predicted molar refractivity (Wildman–Crippen MR) is 107 cm³/mol. The summed E-state index contributed by atoms with van der Waals surface area (Å²) in [5, 5.41) is 2.52. The van der Waals surface area contributed by atoms with Gasteiger partial charge in [-0.15, -0.1) is 0 Å². The molecule has 1 amide bonds. The van der Waals surface area contributed by atoms with Gasteiger partial charge in [-0.2, -0.15) is 4.31 Å². The van der Waals surface area contributed by atoms with Gasteiger partial charge in [0.05, 0.1) is 9.92 Å². The minimum absolute atomic E-state index is 0.0740. The van der Waals surface area contributed by atoms with Gasteiger partial charge < -0.3 is 10.2 Å². The number of halogens is 2. The molecule has 2 aromatic carbocycles. The Hall–Kier alpha value is -2.00. The number of rotatable bonds is 4. The molecule has 0 aromatic heterocycles. The Balaban J connectivity index is 1.86. The van der Waals surface area contributed by atoms with Crippen molar-refractivity contribution in [2.75, 3.05) is 38.5 Å². The molecule has 0 radical (unpaired) electrons. The summed E-state index contributed by atoms with van der Waals surface area (Å²) in [6.45, 7) is 3.84. The van der Waals surface area contributed by atoms with Crippen LogP contribution in [0.15, 0.2) is 41.3 Å². The van der Waals surface area contributed by atoms with Crippen LogP contribution in [-0.4, -0.2) is 56.8 Å². The van der Waals surface area contributed by atoms with Crippen LogP contribution in [0.25, 0.3) is 0 Å². The SMILES string of the molecule is Cc1ccc(S(=O)(=O)N2CCN(C)CC2)cc1C(=O)Nc1ccc(F)c(Cl)c1. The van der Waals surface area contributed by atoms with Crippen LogP contribution in [0, 0.1) is 12.7 Å². The van der Waals surface area contributed by atoms with E-state index in [0.717, 1.165) is 6.07 Å². The molecule has 1 N–H and O–H groups in total. The van der Waals surface area contributed by atoms with Crippen molar-refractivity contribution < 1.29 is 17.6 Å². The fourth-order valence-electron chi connectivity index (χ4n) is 2.96. The lowest BCUT2D eigenvalue weighted by Gasteiger charge is -2.31. The Morgan fingerprint density at radius 1 is 1.11 bits per heavy atom. The second-order valence-electron chi connectivity index (χ2n) is 6.77. The van der Waals surface area contributed by atoms with Crippen molar-refractivity contribution in [2.24, 2.45) is 0 Å². The van der Waals surface area contributed by atoms with E-state index in [0.29, 0.717) is 37.4 Å². The van der Waals surface area contributed by atoms with Gasteiger partial charge in [-0.1, -0.05) is 17.7 Å². The van der Waals surface area contributed by atoms with Crippen LogP contribution in [0.3, 0.4) is 0 Å². The normalized spacial score (nSPS) is 16.1. The number of piperazine rings is 1. The summed E-state index contributed by atoms with van der Waals surface area (Å²) in [4.78, 5) is 14.8. The van der Waals surface area contributed by atoms with Crippen molar-refractivity contribution in [3.05, 3.63) is 58.4 Å². The maximum atomic E-state index is 13.3. The molecule has 6 nitrogen and oxygen atoms in total. The van der Waals surface area contributed by atoms with Crippen molar-refractivity contribution in [3.63, 3.8) is 0 Å². The van der Waals surface area contributed by atoms with E-state index >= 15 is 0 Å². The van der Waals surface area contributed by atoms with Gasteiger partial charge in [0.2, 0.25) is 10.0 Å². The minimum Gasteiger partial charge on any atom is -0.322 e. The standard InChI is InChI=1S/C19H21ClFN3O3S/c1-13-3-5-15(28(26,27)24-9-7-23(2)8-10-24)12-16(13)19(25)22-14-4-6-18(21)17(20)11-14/h3-6,11-12H,7-10H2,1-2H3,(H,22,25). The van der Waals surface area contributed by atoms with Crippen LogP contribution in [0.4, 0.5) is 10.1 Å². The molecule has 0 bridgehead atoms. The third kappa shape index (κ3) is 4.35. The van der Waals surface area contributed by atoms with Crippen LogP contribution in [0.1, 0.15) is 15.9 Å². The van der Waals surface area contributed by atoms with Crippen molar-refractivity contribution in [1.82, 2.24) is 9.21 Å². The highest BCUT2D eigenvalue weighted by Gasteiger charge is 2.28. The molecule has 2 aromatic rings. The second-order valence-corrected chi connectivity index (χ2v) is 9.11. The number of nitrogens with one attached hydrogen (secondary N) is 1. The topological polar surface area (TPSA) is 69.7 Å². The molecule has 0 spiro atoms. The molecule has 150 valence electrons. The maximum absolute atomic E-state index is 13.3. The zero-order chi connectivity index (χ0) is 20.5. The van der Waals surface area contributed by atoms with Crippen LogP contribution in [0.2, 0.25) is 5.02 Å². The molecule has 0 saturated carbocycles. The maximum Gasteiger partial charge on any atom is 0.255 e.